The number of urea groups is 1. The molecule has 30 heavy (non-hydrogen) atoms. The summed E-state index contributed by atoms with van der Waals surface area (Å²) in [7, 11) is 3.13. The van der Waals surface area contributed by atoms with Crippen molar-refractivity contribution in [2.75, 3.05) is 26.1 Å². The second kappa shape index (κ2) is 8.44. The van der Waals surface area contributed by atoms with Crippen LogP contribution in [0.3, 0.4) is 0 Å². The molecule has 0 radical (unpaired) electrons. The minimum absolute atomic E-state index is 0.240. The van der Waals surface area contributed by atoms with E-state index in [0.717, 1.165) is 24.0 Å². The van der Waals surface area contributed by atoms with Gasteiger partial charge < -0.3 is 24.2 Å². The summed E-state index contributed by atoms with van der Waals surface area (Å²) in [5.41, 5.74) is 2.61. The molecule has 156 valence electrons. The number of ether oxygens (including phenoxy) is 2. The number of hydrogen-bond acceptors (Lipinski definition) is 6. The second-order valence-electron chi connectivity index (χ2n) is 7.17. The summed E-state index contributed by atoms with van der Waals surface area (Å²) in [6.45, 7) is 2.63. The first kappa shape index (κ1) is 19.8. The van der Waals surface area contributed by atoms with Crippen molar-refractivity contribution < 1.29 is 18.8 Å². The highest BCUT2D eigenvalue weighted by Crippen LogP contribution is 2.34. The Hall–Kier alpha value is -3.55. The second-order valence-corrected chi connectivity index (χ2v) is 7.17. The Morgan fingerprint density at radius 1 is 1.17 bits per heavy atom. The number of amides is 2. The van der Waals surface area contributed by atoms with E-state index in [1.54, 1.807) is 37.3 Å². The van der Waals surface area contributed by atoms with Crippen molar-refractivity contribution >= 4 is 11.7 Å². The maximum atomic E-state index is 13.0. The van der Waals surface area contributed by atoms with E-state index in [1.165, 1.54) is 0 Å². The lowest BCUT2D eigenvalue weighted by atomic mass is 10.1. The Labute approximate surface area is 174 Å². The van der Waals surface area contributed by atoms with Gasteiger partial charge in [0.1, 0.15) is 17.5 Å². The topological polar surface area (TPSA) is 89.7 Å². The summed E-state index contributed by atoms with van der Waals surface area (Å²) in [5, 5.41) is 7.02. The average Bonchev–Trinajstić information content (AvgIpc) is 3.44. The van der Waals surface area contributed by atoms with E-state index in [9.17, 15) is 4.79 Å². The first-order chi connectivity index (χ1) is 14.6. The quantitative estimate of drug-likeness (QED) is 0.672. The molecule has 4 rings (SSSR count). The van der Waals surface area contributed by atoms with Crippen molar-refractivity contribution in [3.63, 3.8) is 0 Å². The molecular formula is C22H24N4O4. The van der Waals surface area contributed by atoms with Crippen LogP contribution in [0.5, 0.6) is 11.5 Å². The van der Waals surface area contributed by atoms with E-state index >= 15 is 0 Å². The summed E-state index contributed by atoms with van der Waals surface area (Å²) >= 11 is 0. The molecule has 2 aromatic carbocycles. The fourth-order valence-corrected chi connectivity index (χ4v) is 3.55. The van der Waals surface area contributed by atoms with Gasteiger partial charge in [-0.05, 0) is 31.9 Å². The van der Waals surface area contributed by atoms with Crippen LogP contribution in [0.25, 0.3) is 11.4 Å². The van der Waals surface area contributed by atoms with Crippen molar-refractivity contribution in [3.8, 4) is 22.9 Å². The Balaban J connectivity index is 1.51. The Bertz CT molecular complexity index is 1030. The van der Waals surface area contributed by atoms with E-state index < -0.39 is 0 Å². The number of anilines is 1. The molecule has 1 fully saturated rings. The average molecular weight is 408 g/mol. The van der Waals surface area contributed by atoms with Crippen LogP contribution < -0.4 is 14.8 Å². The highest BCUT2D eigenvalue weighted by Gasteiger charge is 2.34. The summed E-state index contributed by atoms with van der Waals surface area (Å²) < 4.78 is 16.1. The fraction of sp³-hybridized carbons (Fsp3) is 0.318. The van der Waals surface area contributed by atoms with Gasteiger partial charge in [0.05, 0.1) is 19.9 Å². The molecule has 1 N–H and O–H groups in total. The molecule has 0 bridgehead atoms. The van der Waals surface area contributed by atoms with Gasteiger partial charge in [-0.15, -0.1) is 0 Å². The minimum Gasteiger partial charge on any atom is -0.497 e. The lowest BCUT2D eigenvalue weighted by Gasteiger charge is -2.23. The highest BCUT2D eigenvalue weighted by atomic mass is 16.5. The lowest BCUT2D eigenvalue weighted by Crippen LogP contribution is -2.34. The summed E-state index contributed by atoms with van der Waals surface area (Å²) in [5.74, 6) is 2.14. The third-order valence-electron chi connectivity index (χ3n) is 5.20. The van der Waals surface area contributed by atoms with E-state index in [4.69, 9.17) is 14.0 Å². The van der Waals surface area contributed by atoms with Crippen LogP contribution in [0.2, 0.25) is 0 Å². The van der Waals surface area contributed by atoms with E-state index in [2.05, 4.69) is 15.5 Å². The van der Waals surface area contributed by atoms with Crippen molar-refractivity contribution in [2.45, 2.75) is 25.8 Å². The maximum Gasteiger partial charge on any atom is 0.322 e. The molecule has 1 aliphatic rings. The van der Waals surface area contributed by atoms with E-state index in [0.29, 0.717) is 35.4 Å². The predicted octanol–water partition coefficient (Wildman–Crippen LogP) is 4.43. The van der Waals surface area contributed by atoms with E-state index in [-0.39, 0.29) is 12.1 Å². The Kier molecular flexibility index (Phi) is 5.56. The van der Waals surface area contributed by atoms with Gasteiger partial charge in [-0.2, -0.15) is 4.98 Å². The van der Waals surface area contributed by atoms with Gasteiger partial charge in [-0.25, -0.2) is 4.79 Å². The number of aromatic nitrogens is 2. The largest absolute Gasteiger partial charge is 0.497 e. The van der Waals surface area contributed by atoms with Crippen LogP contribution in [0.4, 0.5) is 10.5 Å². The Morgan fingerprint density at radius 2 is 1.97 bits per heavy atom. The first-order valence-corrected chi connectivity index (χ1v) is 9.79. The van der Waals surface area contributed by atoms with Gasteiger partial charge in [0, 0.05) is 18.2 Å². The number of nitrogens with zero attached hydrogens (tertiary/aromatic N) is 3. The molecule has 2 heterocycles. The van der Waals surface area contributed by atoms with Crippen LogP contribution in [0, 0.1) is 6.92 Å². The van der Waals surface area contributed by atoms with E-state index in [1.807, 2.05) is 31.2 Å². The SMILES string of the molecule is COc1ccc(NC(=O)N2CCC[C@@H]2c2nc(-c3ccc(C)cc3)no2)c(OC)c1. The molecule has 1 aliphatic heterocycles. The molecule has 8 nitrogen and oxygen atoms in total. The van der Waals surface area contributed by atoms with Crippen LogP contribution in [-0.2, 0) is 0 Å². The molecule has 0 spiro atoms. The van der Waals surface area contributed by atoms with Crippen LogP contribution in [0.1, 0.15) is 30.3 Å². The number of likely N-dealkylation sites (tertiary alicyclic amines) is 1. The zero-order chi connectivity index (χ0) is 21.1. The number of rotatable bonds is 5. The van der Waals surface area contributed by atoms with Gasteiger partial charge in [-0.3, -0.25) is 0 Å². The van der Waals surface area contributed by atoms with Crippen LogP contribution in [0.15, 0.2) is 47.0 Å². The van der Waals surface area contributed by atoms with Gasteiger partial charge >= 0.3 is 6.03 Å². The number of hydrogen-bond donors (Lipinski definition) is 1. The van der Waals surface area contributed by atoms with Crippen molar-refractivity contribution in [3.05, 3.63) is 53.9 Å². The highest BCUT2D eigenvalue weighted by molar-refractivity contribution is 5.91. The zero-order valence-corrected chi connectivity index (χ0v) is 17.2. The molecular weight excluding hydrogens is 384 g/mol. The zero-order valence-electron chi connectivity index (χ0n) is 17.2. The first-order valence-electron chi connectivity index (χ1n) is 9.79. The number of methoxy groups -OCH3 is 2. The summed E-state index contributed by atoms with van der Waals surface area (Å²) in [6, 6.07) is 12.7. The maximum absolute atomic E-state index is 13.0. The Morgan fingerprint density at radius 3 is 2.70 bits per heavy atom. The standard InChI is InChI=1S/C22H24N4O4/c1-14-6-8-15(9-7-14)20-24-21(30-25-20)18-5-4-12-26(18)22(27)23-17-11-10-16(28-2)13-19(17)29-3/h6-11,13,18H,4-5,12H2,1-3H3,(H,23,27)/t18-/m1/s1. The third-order valence-corrected chi connectivity index (χ3v) is 5.20. The van der Waals surface area contributed by atoms with Gasteiger partial charge in [0.2, 0.25) is 11.7 Å². The molecule has 3 aromatic rings. The predicted molar refractivity (Wildman–Crippen MR) is 112 cm³/mol. The smallest absolute Gasteiger partial charge is 0.322 e. The number of benzene rings is 2. The molecule has 1 saturated heterocycles. The van der Waals surface area contributed by atoms with Gasteiger partial charge in [0.25, 0.3) is 0 Å². The molecule has 0 saturated carbocycles. The molecule has 2 amide bonds. The molecule has 1 atom stereocenters. The van der Waals surface area contributed by atoms with Crippen molar-refractivity contribution in [1.82, 2.24) is 15.0 Å². The summed E-state index contributed by atoms with van der Waals surface area (Å²) in [6.07, 6.45) is 1.63. The van der Waals surface area contributed by atoms with Gasteiger partial charge in [0.15, 0.2) is 0 Å². The van der Waals surface area contributed by atoms with Gasteiger partial charge in [-0.1, -0.05) is 35.0 Å². The van der Waals surface area contributed by atoms with Crippen LogP contribution in [-0.4, -0.2) is 41.8 Å². The minimum atomic E-state index is -0.263. The molecule has 1 aromatic heterocycles. The van der Waals surface area contributed by atoms with Crippen molar-refractivity contribution in [1.29, 1.82) is 0 Å². The van der Waals surface area contributed by atoms with Crippen molar-refractivity contribution in [2.24, 2.45) is 0 Å². The number of aryl methyl sites for hydroxylation is 1. The molecule has 0 aliphatic carbocycles. The number of carbonyl (C=O) groups excluding carboxylic acids is 1. The number of nitrogens with one attached hydrogen (secondary N) is 1. The van der Waals surface area contributed by atoms with Crippen LogP contribution >= 0.6 is 0 Å². The fourth-order valence-electron chi connectivity index (χ4n) is 3.55. The summed E-state index contributed by atoms with van der Waals surface area (Å²) in [4.78, 5) is 19.2. The third kappa shape index (κ3) is 3.94. The normalized spacial score (nSPS) is 15.8. The number of carbonyl (C=O) groups is 1. The molecule has 8 heteroatoms. The monoisotopic (exact) mass is 408 g/mol. The molecule has 0 unspecified atom stereocenters. The lowest BCUT2D eigenvalue weighted by molar-refractivity contribution is 0.193.